The first-order valence-corrected chi connectivity index (χ1v) is 13.3. The summed E-state index contributed by atoms with van der Waals surface area (Å²) in [6.45, 7) is 6.98. The van der Waals surface area contributed by atoms with Crippen LogP contribution in [0, 0.1) is 5.82 Å². The molecule has 1 aliphatic heterocycles. The van der Waals surface area contributed by atoms with Gasteiger partial charge in [0, 0.05) is 17.2 Å². The summed E-state index contributed by atoms with van der Waals surface area (Å²) in [7, 11) is 0. The molecule has 0 bridgehead atoms. The second-order valence-corrected chi connectivity index (χ2v) is 9.77. The average molecular weight is 577 g/mol. The van der Waals surface area contributed by atoms with Gasteiger partial charge < -0.3 is 34.6 Å². The lowest BCUT2D eigenvalue weighted by atomic mass is 9.96. The van der Waals surface area contributed by atoms with Gasteiger partial charge in [0.2, 0.25) is 6.29 Å². The highest BCUT2D eigenvalue weighted by Gasteiger charge is 2.45. The number of allylic oxidation sites excluding steroid dienone is 2. The molecule has 0 amide bonds. The van der Waals surface area contributed by atoms with Gasteiger partial charge in [-0.05, 0) is 72.0 Å². The molecule has 1 heterocycles. The number of hydrogen-bond acceptors (Lipinski definition) is 8. The van der Waals surface area contributed by atoms with Crippen molar-refractivity contribution in [3.8, 4) is 22.6 Å². The Morgan fingerprint density at radius 1 is 0.881 bits per heavy atom. The van der Waals surface area contributed by atoms with Crippen LogP contribution in [0.4, 0.5) is 4.39 Å². The fourth-order valence-electron chi connectivity index (χ4n) is 4.56. The van der Waals surface area contributed by atoms with E-state index in [-0.39, 0.29) is 11.5 Å². The molecule has 1 fully saturated rings. The van der Waals surface area contributed by atoms with Crippen molar-refractivity contribution >= 4 is 12.0 Å². The van der Waals surface area contributed by atoms with E-state index in [1.165, 1.54) is 30.4 Å². The van der Waals surface area contributed by atoms with Crippen LogP contribution in [0.2, 0.25) is 0 Å². The van der Waals surface area contributed by atoms with E-state index in [0.29, 0.717) is 29.5 Å². The fraction of sp³-hybridized carbons (Fsp3) is 0.242. The predicted octanol–water partition coefficient (Wildman–Crippen LogP) is 3.75. The molecule has 0 saturated carbocycles. The van der Waals surface area contributed by atoms with E-state index < -0.39 is 49.1 Å². The van der Waals surface area contributed by atoms with Crippen LogP contribution in [-0.2, 0) is 22.4 Å². The molecule has 1 aliphatic rings. The maximum absolute atomic E-state index is 13.5. The van der Waals surface area contributed by atoms with Gasteiger partial charge in [0.1, 0.15) is 41.7 Å². The Bertz CT molecular complexity index is 1450. The Labute approximate surface area is 243 Å². The number of ether oxygens (including phenoxy) is 3. The van der Waals surface area contributed by atoms with Crippen molar-refractivity contribution in [2.24, 2.45) is 0 Å². The molecule has 0 spiro atoms. The summed E-state index contributed by atoms with van der Waals surface area (Å²) in [5, 5.41) is 40.6. The average Bonchev–Trinajstić information content (AvgIpc) is 2.98. The molecule has 4 rings (SSSR count). The molecule has 0 aliphatic carbocycles. The number of hydrogen-bond donors (Lipinski definition) is 4. The van der Waals surface area contributed by atoms with Gasteiger partial charge >= 0.3 is 5.97 Å². The van der Waals surface area contributed by atoms with Gasteiger partial charge in [0.15, 0.2) is 0 Å². The Hall–Kier alpha value is -4.12. The summed E-state index contributed by atoms with van der Waals surface area (Å²) in [6.07, 6.45) is -0.249. The molecule has 3 aromatic carbocycles. The Morgan fingerprint density at radius 2 is 1.52 bits per heavy atom. The van der Waals surface area contributed by atoms with Crippen LogP contribution in [0.5, 0.6) is 11.5 Å². The summed E-state index contributed by atoms with van der Waals surface area (Å²) < 4.78 is 30.8. The zero-order valence-electron chi connectivity index (χ0n) is 22.8. The summed E-state index contributed by atoms with van der Waals surface area (Å²) in [4.78, 5) is 12.8. The van der Waals surface area contributed by atoms with Crippen molar-refractivity contribution in [1.82, 2.24) is 0 Å². The Kier molecular flexibility index (Phi) is 10.4. The molecular formula is C33H33FO8. The van der Waals surface area contributed by atoms with Crippen LogP contribution in [0.25, 0.3) is 17.2 Å². The largest absolute Gasteiger partial charge is 0.461 e. The van der Waals surface area contributed by atoms with Crippen molar-refractivity contribution in [1.29, 1.82) is 0 Å². The minimum atomic E-state index is -1.62. The molecule has 1 saturated heterocycles. The highest BCUT2D eigenvalue weighted by atomic mass is 19.1. The lowest BCUT2D eigenvalue weighted by Gasteiger charge is -2.39. The van der Waals surface area contributed by atoms with Gasteiger partial charge in [-0.1, -0.05) is 36.4 Å². The third-order valence-electron chi connectivity index (χ3n) is 6.70. The normalized spacial score (nSPS) is 22.1. The third kappa shape index (κ3) is 7.39. The van der Waals surface area contributed by atoms with E-state index in [9.17, 15) is 29.6 Å². The van der Waals surface area contributed by atoms with Gasteiger partial charge in [0.25, 0.3) is 0 Å². The van der Waals surface area contributed by atoms with E-state index in [4.69, 9.17) is 14.2 Å². The summed E-state index contributed by atoms with van der Waals surface area (Å²) in [6, 6.07) is 16.2. The summed E-state index contributed by atoms with van der Waals surface area (Å²) >= 11 is 0. The van der Waals surface area contributed by atoms with Crippen LogP contribution in [0.3, 0.4) is 0 Å². The topological polar surface area (TPSA) is 126 Å². The maximum Gasteiger partial charge on any atom is 0.336 e. The quantitative estimate of drug-likeness (QED) is 0.118. The molecule has 5 atom stereocenters. The number of aliphatic hydroxyl groups excluding tert-OH is 4. The van der Waals surface area contributed by atoms with Crippen molar-refractivity contribution in [2.45, 2.75) is 43.5 Å². The smallest absolute Gasteiger partial charge is 0.336 e. The van der Waals surface area contributed by atoms with E-state index in [1.54, 1.807) is 42.5 Å². The molecule has 42 heavy (non-hydrogen) atoms. The molecular weight excluding hydrogens is 543 g/mol. The van der Waals surface area contributed by atoms with Crippen LogP contribution >= 0.6 is 0 Å². The van der Waals surface area contributed by atoms with Crippen LogP contribution in [0.15, 0.2) is 92.0 Å². The molecule has 9 heteroatoms. The van der Waals surface area contributed by atoms with Crippen LogP contribution in [-0.4, -0.2) is 63.7 Å². The number of esters is 1. The molecule has 0 aromatic heterocycles. The highest BCUT2D eigenvalue weighted by Crippen LogP contribution is 2.40. The van der Waals surface area contributed by atoms with E-state index >= 15 is 0 Å². The Balaban J connectivity index is 1.73. The number of carbonyl (C=O) groups is 1. The standard InChI is InChI=1S/C33H33FO8/c1-3-6-20-10-13-26(40-29(36)15-12-22-8-5-9-23(34)16-22)24(17-20)25-18-21(7-4-2)11-14-27(25)41-33-32(39)31(38)30(37)28(19-35)42-33/h3-5,8-18,28,30-33,35,37-39H,1-2,6-7,19H2/b15-12+/t28-,30-,31+,32-,33-/m1/s1. The van der Waals surface area contributed by atoms with Crippen molar-refractivity contribution in [3.05, 3.63) is 115 Å². The zero-order valence-corrected chi connectivity index (χ0v) is 22.8. The number of rotatable bonds is 11. The predicted molar refractivity (Wildman–Crippen MR) is 155 cm³/mol. The minimum absolute atomic E-state index is 0.200. The third-order valence-corrected chi connectivity index (χ3v) is 6.70. The van der Waals surface area contributed by atoms with Crippen molar-refractivity contribution in [3.63, 3.8) is 0 Å². The lowest BCUT2D eigenvalue weighted by molar-refractivity contribution is -0.277. The highest BCUT2D eigenvalue weighted by molar-refractivity contribution is 5.90. The van der Waals surface area contributed by atoms with Gasteiger partial charge in [0.05, 0.1) is 6.61 Å². The van der Waals surface area contributed by atoms with Gasteiger partial charge in [-0.2, -0.15) is 0 Å². The SMILES string of the molecule is C=CCc1ccc(OC(=O)/C=C/c2cccc(F)c2)c(-c2cc(CC=C)ccc2O[C@@H]2O[C@H](CO)[C@@H](O)[C@H](O)[C@H]2O)c1. The van der Waals surface area contributed by atoms with E-state index in [2.05, 4.69) is 13.2 Å². The first kappa shape index (κ1) is 30.8. The number of benzene rings is 3. The van der Waals surface area contributed by atoms with Gasteiger partial charge in [-0.15, -0.1) is 13.2 Å². The molecule has 8 nitrogen and oxygen atoms in total. The van der Waals surface area contributed by atoms with Crippen molar-refractivity contribution < 1.29 is 43.8 Å². The molecule has 0 unspecified atom stereocenters. The number of halogens is 1. The number of aliphatic hydroxyl groups is 4. The minimum Gasteiger partial charge on any atom is -0.461 e. The Morgan fingerprint density at radius 3 is 2.14 bits per heavy atom. The maximum atomic E-state index is 13.5. The van der Waals surface area contributed by atoms with Gasteiger partial charge in [-0.3, -0.25) is 0 Å². The molecule has 0 radical (unpaired) electrons. The fourth-order valence-corrected chi connectivity index (χ4v) is 4.56. The van der Waals surface area contributed by atoms with Crippen molar-refractivity contribution in [2.75, 3.05) is 6.61 Å². The van der Waals surface area contributed by atoms with E-state index in [0.717, 1.165) is 11.1 Å². The van der Waals surface area contributed by atoms with Crippen LogP contribution < -0.4 is 9.47 Å². The van der Waals surface area contributed by atoms with E-state index in [1.807, 2.05) is 12.1 Å². The van der Waals surface area contributed by atoms with Crippen LogP contribution in [0.1, 0.15) is 16.7 Å². The first-order valence-electron chi connectivity index (χ1n) is 13.3. The summed E-state index contributed by atoms with van der Waals surface area (Å²) in [5.41, 5.74) is 3.17. The van der Waals surface area contributed by atoms with Gasteiger partial charge in [-0.25, -0.2) is 9.18 Å². The zero-order chi connectivity index (χ0) is 30.2. The lowest BCUT2D eigenvalue weighted by Crippen LogP contribution is -2.60. The molecule has 3 aromatic rings. The monoisotopic (exact) mass is 576 g/mol. The number of carbonyl (C=O) groups excluding carboxylic acids is 1. The molecule has 4 N–H and O–H groups in total. The summed E-state index contributed by atoms with van der Waals surface area (Å²) in [5.74, 6) is -0.714. The first-order chi connectivity index (χ1) is 20.2. The second-order valence-electron chi connectivity index (χ2n) is 9.77. The second kappa shape index (κ2) is 14.2. The molecule has 220 valence electrons.